The Balaban J connectivity index is 0.00000162. The molecule has 1 atom stereocenters. The van der Waals surface area contributed by atoms with Crippen molar-refractivity contribution >= 4 is 5.97 Å². The number of aliphatic carboxylic acids is 1. The van der Waals surface area contributed by atoms with Gasteiger partial charge in [0.2, 0.25) is 0 Å². The van der Waals surface area contributed by atoms with Gasteiger partial charge in [0.05, 0.1) is 0 Å². The van der Waals surface area contributed by atoms with E-state index in [0.717, 1.165) is 32.1 Å². The predicted octanol–water partition coefficient (Wildman–Crippen LogP) is 1.71. The second kappa shape index (κ2) is 5.98. The lowest BCUT2D eigenvalue weighted by atomic mass is 9.73. The van der Waals surface area contributed by atoms with E-state index in [4.69, 9.17) is 0 Å². The normalized spacial score (nSPS) is 19.6. The summed E-state index contributed by atoms with van der Waals surface area (Å²) in [5.41, 5.74) is -1.22. The summed E-state index contributed by atoms with van der Waals surface area (Å²) in [6.45, 7) is 0. The third-order valence-corrected chi connectivity index (χ3v) is 3.74. The molecule has 1 aliphatic rings. The van der Waals surface area contributed by atoms with Crippen LogP contribution in [0, 0.1) is 5.92 Å². The molecule has 0 bridgehead atoms. The maximum atomic E-state index is 11.5. The zero-order valence-electron chi connectivity index (χ0n) is 10.3. The Kier molecular flexibility index (Phi) is 4.87. The Morgan fingerprint density at radius 3 is 2.17 bits per heavy atom. The van der Waals surface area contributed by atoms with E-state index in [9.17, 15) is 15.0 Å². The molecule has 2 rings (SSSR count). The van der Waals surface area contributed by atoms with Crippen LogP contribution in [0.3, 0.4) is 0 Å². The summed E-state index contributed by atoms with van der Waals surface area (Å²) >= 11 is 0. The Hall–Kier alpha value is -1.39. The second-order valence-electron chi connectivity index (χ2n) is 4.77. The molecule has 4 nitrogen and oxygen atoms in total. The van der Waals surface area contributed by atoms with Crippen LogP contribution in [0.15, 0.2) is 30.3 Å². The molecule has 1 fully saturated rings. The highest BCUT2D eigenvalue weighted by molar-refractivity contribution is 5.79. The second-order valence-corrected chi connectivity index (χ2v) is 4.77. The summed E-state index contributed by atoms with van der Waals surface area (Å²) in [6, 6.07) is 8.76. The van der Waals surface area contributed by atoms with Crippen molar-refractivity contribution in [3.05, 3.63) is 35.9 Å². The molecule has 0 amide bonds. The van der Waals surface area contributed by atoms with Gasteiger partial charge in [-0.05, 0) is 18.4 Å². The number of carboxylic acid groups (broad SMARTS) is 1. The molecular weight excluding hydrogens is 232 g/mol. The standard InChI is InChI=1S/C14H18O3.H2O/c15-13(16)14(17,11-7-3-1-4-8-11)12-9-5-2-6-10-12;/h1,3-4,7-8,12,17H,2,5-6,9-10H2,(H,15,16);1H2. The lowest BCUT2D eigenvalue weighted by Gasteiger charge is -2.35. The van der Waals surface area contributed by atoms with E-state index in [-0.39, 0.29) is 11.4 Å². The van der Waals surface area contributed by atoms with Gasteiger partial charge in [-0.25, -0.2) is 4.79 Å². The van der Waals surface area contributed by atoms with E-state index >= 15 is 0 Å². The molecule has 0 radical (unpaired) electrons. The molecule has 4 heteroatoms. The van der Waals surface area contributed by atoms with Crippen molar-refractivity contribution in [2.75, 3.05) is 0 Å². The highest BCUT2D eigenvalue weighted by Gasteiger charge is 2.45. The minimum absolute atomic E-state index is 0. The van der Waals surface area contributed by atoms with Gasteiger partial charge >= 0.3 is 5.97 Å². The van der Waals surface area contributed by atoms with Crippen molar-refractivity contribution in [1.82, 2.24) is 0 Å². The third kappa shape index (κ3) is 2.54. The molecule has 0 aliphatic heterocycles. The quantitative estimate of drug-likeness (QED) is 0.858. The van der Waals surface area contributed by atoms with E-state index < -0.39 is 11.6 Å². The van der Waals surface area contributed by atoms with Crippen molar-refractivity contribution in [2.45, 2.75) is 37.7 Å². The Labute approximate surface area is 107 Å². The summed E-state index contributed by atoms with van der Waals surface area (Å²) in [6.07, 6.45) is 4.73. The summed E-state index contributed by atoms with van der Waals surface area (Å²) in [5, 5.41) is 20.0. The fraction of sp³-hybridized carbons (Fsp3) is 0.500. The highest BCUT2D eigenvalue weighted by atomic mass is 16.4. The first-order valence-electron chi connectivity index (χ1n) is 6.17. The Morgan fingerprint density at radius 2 is 1.67 bits per heavy atom. The molecule has 0 spiro atoms. The Bertz CT molecular complexity index is 384. The maximum Gasteiger partial charge on any atom is 0.340 e. The molecule has 1 aromatic rings. The van der Waals surface area contributed by atoms with Gasteiger partial charge in [-0.1, -0.05) is 49.6 Å². The average Bonchev–Trinajstić information content (AvgIpc) is 2.39. The molecule has 100 valence electrons. The zero-order chi connectivity index (χ0) is 12.3. The molecule has 1 aliphatic carbocycles. The zero-order valence-corrected chi connectivity index (χ0v) is 10.3. The molecule has 1 saturated carbocycles. The number of carbonyl (C=O) groups is 1. The fourth-order valence-electron chi connectivity index (χ4n) is 2.75. The van der Waals surface area contributed by atoms with E-state index in [1.54, 1.807) is 24.3 Å². The first kappa shape index (κ1) is 14.7. The molecule has 18 heavy (non-hydrogen) atoms. The van der Waals surface area contributed by atoms with Crippen molar-refractivity contribution in [3.8, 4) is 0 Å². The molecule has 0 saturated heterocycles. The van der Waals surface area contributed by atoms with Crippen molar-refractivity contribution in [2.24, 2.45) is 5.92 Å². The van der Waals surface area contributed by atoms with Crippen LogP contribution in [-0.2, 0) is 10.4 Å². The number of hydrogen-bond acceptors (Lipinski definition) is 2. The van der Waals surface area contributed by atoms with Crippen LogP contribution in [0.4, 0.5) is 0 Å². The topological polar surface area (TPSA) is 89.0 Å². The van der Waals surface area contributed by atoms with Gasteiger partial charge in [0, 0.05) is 5.92 Å². The van der Waals surface area contributed by atoms with Crippen molar-refractivity contribution < 1.29 is 20.5 Å². The van der Waals surface area contributed by atoms with Crippen LogP contribution >= 0.6 is 0 Å². The van der Waals surface area contributed by atoms with Gasteiger partial charge in [0.1, 0.15) is 0 Å². The molecule has 0 aromatic heterocycles. The highest BCUT2D eigenvalue weighted by Crippen LogP contribution is 2.39. The van der Waals surface area contributed by atoms with Gasteiger partial charge in [-0.2, -0.15) is 0 Å². The third-order valence-electron chi connectivity index (χ3n) is 3.74. The summed E-state index contributed by atoms with van der Waals surface area (Å²) in [7, 11) is 0. The lowest BCUT2D eigenvalue weighted by Crippen LogP contribution is -2.43. The number of rotatable bonds is 3. The number of carboxylic acids is 1. The molecule has 0 heterocycles. The summed E-state index contributed by atoms with van der Waals surface area (Å²) in [4.78, 5) is 11.5. The first-order valence-corrected chi connectivity index (χ1v) is 6.17. The number of hydrogen-bond donors (Lipinski definition) is 2. The molecule has 1 aromatic carbocycles. The van der Waals surface area contributed by atoms with Gasteiger partial charge in [-0.15, -0.1) is 0 Å². The van der Waals surface area contributed by atoms with Crippen LogP contribution < -0.4 is 0 Å². The lowest BCUT2D eigenvalue weighted by molar-refractivity contribution is -0.168. The van der Waals surface area contributed by atoms with Crippen LogP contribution in [-0.4, -0.2) is 21.7 Å². The fourth-order valence-corrected chi connectivity index (χ4v) is 2.75. The van der Waals surface area contributed by atoms with E-state index in [2.05, 4.69) is 0 Å². The predicted molar refractivity (Wildman–Crippen MR) is 68.2 cm³/mol. The van der Waals surface area contributed by atoms with Crippen LogP contribution in [0.5, 0.6) is 0 Å². The minimum atomic E-state index is -1.72. The molecule has 4 N–H and O–H groups in total. The monoisotopic (exact) mass is 252 g/mol. The van der Waals surface area contributed by atoms with Crippen molar-refractivity contribution in [1.29, 1.82) is 0 Å². The van der Waals surface area contributed by atoms with E-state index in [1.807, 2.05) is 6.07 Å². The summed E-state index contributed by atoms with van der Waals surface area (Å²) < 4.78 is 0. The largest absolute Gasteiger partial charge is 0.479 e. The summed E-state index contributed by atoms with van der Waals surface area (Å²) in [5.74, 6) is -1.30. The minimum Gasteiger partial charge on any atom is -0.479 e. The van der Waals surface area contributed by atoms with Crippen LogP contribution in [0.2, 0.25) is 0 Å². The van der Waals surface area contributed by atoms with E-state index in [1.165, 1.54) is 0 Å². The van der Waals surface area contributed by atoms with Gasteiger partial charge < -0.3 is 15.7 Å². The van der Waals surface area contributed by atoms with Gasteiger partial charge in [0.15, 0.2) is 5.60 Å². The number of aliphatic hydroxyl groups is 1. The van der Waals surface area contributed by atoms with Crippen LogP contribution in [0.1, 0.15) is 37.7 Å². The van der Waals surface area contributed by atoms with Crippen molar-refractivity contribution in [3.63, 3.8) is 0 Å². The van der Waals surface area contributed by atoms with Crippen LogP contribution in [0.25, 0.3) is 0 Å². The van der Waals surface area contributed by atoms with Gasteiger partial charge in [0.25, 0.3) is 0 Å². The maximum absolute atomic E-state index is 11.5. The first-order chi connectivity index (χ1) is 8.15. The molecular formula is C14H20O4. The number of benzene rings is 1. The Morgan fingerprint density at radius 1 is 1.11 bits per heavy atom. The molecule has 1 unspecified atom stereocenters. The SMILES string of the molecule is O.O=C(O)C(O)(c1ccccc1)C1CCCCC1. The van der Waals surface area contributed by atoms with Gasteiger partial charge in [-0.3, -0.25) is 0 Å². The smallest absolute Gasteiger partial charge is 0.340 e. The van der Waals surface area contributed by atoms with E-state index in [0.29, 0.717) is 5.56 Å². The average molecular weight is 252 g/mol.